The van der Waals surface area contributed by atoms with Crippen LogP contribution in [0, 0.1) is 11.7 Å². The van der Waals surface area contributed by atoms with Gasteiger partial charge in [0.1, 0.15) is 5.82 Å². The third kappa shape index (κ3) is 4.79. The van der Waals surface area contributed by atoms with Gasteiger partial charge in [-0.25, -0.2) is 4.39 Å². The quantitative estimate of drug-likeness (QED) is 0.868. The summed E-state index contributed by atoms with van der Waals surface area (Å²) in [6.07, 6.45) is 2.67. The molecule has 0 unspecified atom stereocenters. The molecule has 1 amide bonds. The van der Waals surface area contributed by atoms with Gasteiger partial charge in [0.2, 0.25) is 5.91 Å². The lowest BCUT2D eigenvalue weighted by atomic mass is 9.93. The number of likely N-dealkylation sites (tertiary alicyclic amines) is 1. The molecule has 1 aromatic carbocycles. The van der Waals surface area contributed by atoms with Crippen LogP contribution >= 0.6 is 0 Å². The maximum atomic E-state index is 13.5. The number of carbonyl (C=O) groups is 1. The van der Waals surface area contributed by atoms with E-state index in [0.717, 1.165) is 25.9 Å². The Hall–Kier alpha value is -1.46. The molecule has 0 atom stereocenters. The van der Waals surface area contributed by atoms with Crippen molar-refractivity contribution in [3.63, 3.8) is 0 Å². The predicted octanol–water partition coefficient (Wildman–Crippen LogP) is 1.67. The number of benzene rings is 1. The summed E-state index contributed by atoms with van der Waals surface area (Å²) in [5.74, 6) is 0.0467. The lowest BCUT2D eigenvalue weighted by molar-refractivity contribution is -0.122. The smallest absolute Gasteiger partial charge is 0.220 e. The van der Waals surface area contributed by atoms with E-state index in [2.05, 4.69) is 17.3 Å². The van der Waals surface area contributed by atoms with Crippen LogP contribution in [0.25, 0.3) is 0 Å². The largest absolute Gasteiger partial charge is 0.392 e. The number of aliphatic hydroxyl groups excluding tert-OH is 1. The second kappa shape index (κ2) is 7.52. The van der Waals surface area contributed by atoms with Gasteiger partial charge < -0.3 is 15.3 Å². The van der Waals surface area contributed by atoms with Crippen molar-refractivity contribution in [3.05, 3.63) is 35.1 Å². The number of amides is 1. The van der Waals surface area contributed by atoms with E-state index >= 15 is 0 Å². The van der Waals surface area contributed by atoms with Crippen LogP contribution in [-0.2, 0) is 17.9 Å². The highest BCUT2D eigenvalue weighted by Crippen LogP contribution is 2.19. The van der Waals surface area contributed by atoms with Crippen LogP contribution in [-0.4, -0.2) is 36.1 Å². The van der Waals surface area contributed by atoms with Crippen molar-refractivity contribution < 1.29 is 14.3 Å². The fourth-order valence-electron chi connectivity index (χ4n) is 2.63. The molecule has 1 heterocycles. The zero-order valence-electron chi connectivity index (χ0n) is 12.4. The van der Waals surface area contributed by atoms with Crippen LogP contribution in [0.2, 0.25) is 0 Å². The van der Waals surface area contributed by atoms with E-state index in [1.807, 2.05) is 0 Å². The monoisotopic (exact) mass is 294 g/mol. The molecule has 4 nitrogen and oxygen atoms in total. The summed E-state index contributed by atoms with van der Waals surface area (Å²) in [5.41, 5.74) is 0.984. The average Bonchev–Trinajstić information content (AvgIpc) is 2.48. The molecule has 2 rings (SSSR count). The van der Waals surface area contributed by atoms with Crippen LogP contribution in [0.15, 0.2) is 18.2 Å². The van der Waals surface area contributed by atoms with E-state index in [0.29, 0.717) is 24.4 Å². The molecule has 1 saturated heterocycles. The molecule has 21 heavy (non-hydrogen) atoms. The maximum absolute atomic E-state index is 13.5. The minimum atomic E-state index is -0.431. The molecule has 5 heteroatoms. The third-order valence-corrected chi connectivity index (χ3v) is 4.09. The second-order valence-electron chi connectivity index (χ2n) is 5.81. The zero-order valence-corrected chi connectivity index (χ0v) is 12.4. The Balaban J connectivity index is 1.77. The minimum Gasteiger partial charge on any atom is -0.392 e. The highest BCUT2D eigenvalue weighted by Gasteiger charge is 2.19. The van der Waals surface area contributed by atoms with Crippen molar-refractivity contribution in [2.75, 3.05) is 20.1 Å². The van der Waals surface area contributed by atoms with Crippen LogP contribution < -0.4 is 5.32 Å². The van der Waals surface area contributed by atoms with Gasteiger partial charge in [0.15, 0.2) is 0 Å². The van der Waals surface area contributed by atoms with E-state index in [1.54, 1.807) is 12.1 Å². The zero-order chi connectivity index (χ0) is 15.2. The lowest BCUT2D eigenvalue weighted by Gasteiger charge is -2.28. The van der Waals surface area contributed by atoms with E-state index in [-0.39, 0.29) is 18.1 Å². The predicted molar refractivity (Wildman–Crippen MR) is 79.0 cm³/mol. The molecule has 2 N–H and O–H groups in total. The normalized spacial score (nSPS) is 16.9. The van der Waals surface area contributed by atoms with Gasteiger partial charge >= 0.3 is 0 Å². The van der Waals surface area contributed by atoms with Gasteiger partial charge in [0.05, 0.1) is 6.61 Å². The average molecular weight is 294 g/mol. The van der Waals surface area contributed by atoms with Crippen molar-refractivity contribution in [1.82, 2.24) is 10.2 Å². The molecule has 0 spiro atoms. The molecule has 0 radical (unpaired) electrons. The van der Waals surface area contributed by atoms with E-state index in [9.17, 15) is 9.18 Å². The molecule has 116 valence electrons. The number of halogens is 1. The van der Waals surface area contributed by atoms with E-state index in [4.69, 9.17) is 5.11 Å². The minimum absolute atomic E-state index is 0.0243. The molecule has 1 aromatic rings. The van der Waals surface area contributed by atoms with Crippen LogP contribution in [0.4, 0.5) is 4.39 Å². The summed E-state index contributed by atoms with van der Waals surface area (Å²) in [4.78, 5) is 14.2. The van der Waals surface area contributed by atoms with Gasteiger partial charge in [-0.15, -0.1) is 0 Å². The number of hydrogen-bond donors (Lipinski definition) is 2. The third-order valence-electron chi connectivity index (χ3n) is 4.09. The lowest BCUT2D eigenvalue weighted by Crippen LogP contribution is -2.33. The van der Waals surface area contributed by atoms with Gasteiger partial charge in [-0.2, -0.15) is 0 Å². The van der Waals surface area contributed by atoms with Gasteiger partial charge in [-0.05, 0) is 50.5 Å². The summed E-state index contributed by atoms with van der Waals surface area (Å²) in [6.45, 7) is 2.11. The van der Waals surface area contributed by atoms with E-state index < -0.39 is 5.82 Å². The maximum Gasteiger partial charge on any atom is 0.220 e. The van der Waals surface area contributed by atoms with Gasteiger partial charge in [-0.3, -0.25) is 4.79 Å². The molecule has 0 aromatic heterocycles. The number of piperidine rings is 1. The van der Waals surface area contributed by atoms with Crippen molar-refractivity contribution in [1.29, 1.82) is 0 Å². The Morgan fingerprint density at radius 1 is 1.43 bits per heavy atom. The van der Waals surface area contributed by atoms with E-state index in [1.165, 1.54) is 6.07 Å². The standard InChI is InChI=1S/C16H23FN2O2/c1-19-6-4-12(5-7-19)9-16(21)18-10-13-2-3-14(11-20)15(17)8-13/h2-3,8,12,20H,4-7,9-11H2,1H3,(H,18,21). The van der Waals surface area contributed by atoms with Gasteiger partial charge in [0.25, 0.3) is 0 Å². The fourth-order valence-corrected chi connectivity index (χ4v) is 2.63. The van der Waals surface area contributed by atoms with Crippen molar-refractivity contribution in [2.45, 2.75) is 32.4 Å². The molecule has 1 aliphatic heterocycles. The number of aliphatic hydroxyl groups is 1. The number of hydrogen-bond acceptors (Lipinski definition) is 3. The first-order chi connectivity index (χ1) is 10.1. The van der Waals surface area contributed by atoms with Crippen LogP contribution in [0.5, 0.6) is 0 Å². The second-order valence-corrected chi connectivity index (χ2v) is 5.81. The Kier molecular flexibility index (Phi) is 5.70. The SMILES string of the molecule is CN1CCC(CC(=O)NCc2ccc(CO)c(F)c2)CC1. The molecule has 0 bridgehead atoms. The summed E-state index contributed by atoms with van der Waals surface area (Å²) in [6, 6.07) is 4.64. The summed E-state index contributed by atoms with van der Waals surface area (Å²) in [7, 11) is 2.10. The van der Waals surface area contributed by atoms with Crippen LogP contribution in [0.1, 0.15) is 30.4 Å². The first-order valence-electron chi connectivity index (χ1n) is 7.42. The Bertz CT molecular complexity index is 485. The molecular weight excluding hydrogens is 271 g/mol. The highest BCUT2D eigenvalue weighted by atomic mass is 19.1. The van der Waals surface area contributed by atoms with Gasteiger partial charge in [-0.1, -0.05) is 12.1 Å². The van der Waals surface area contributed by atoms with Crippen molar-refractivity contribution >= 4 is 5.91 Å². The summed E-state index contributed by atoms with van der Waals surface area (Å²) in [5, 5.41) is 11.8. The number of nitrogens with zero attached hydrogens (tertiary/aromatic N) is 1. The Labute approximate surface area is 125 Å². The topological polar surface area (TPSA) is 52.6 Å². The fraction of sp³-hybridized carbons (Fsp3) is 0.562. The molecule has 1 aliphatic rings. The number of carbonyl (C=O) groups excluding carboxylic acids is 1. The molecular formula is C16H23FN2O2. The number of nitrogens with one attached hydrogen (secondary N) is 1. The highest BCUT2D eigenvalue weighted by molar-refractivity contribution is 5.76. The Morgan fingerprint density at radius 2 is 2.14 bits per heavy atom. The molecule has 0 aliphatic carbocycles. The molecule has 1 fully saturated rings. The first kappa shape index (κ1) is 15.9. The Morgan fingerprint density at radius 3 is 2.76 bits per heavy atom. The summed E-state index contributed by atoms with van der Waals surface area (Å²) < 4.78 is 13.5. The first-order valence-corrected chi connectivity index (χ1v) is 7.42. The van der Waals surface area contributed by atoms with Crippen molar-refractivity contribution in [2.24, 2.45) is 5.92 Å². The van der Waals surface area contributed by atoms with Gasteiger partial charge in [0, 0.05) is 18.5 Å². The molecule has 0 saturated carbocycles. The van der Waals surface area contributed by atoms with Crippen molar-refractivity contribution in [3.8, 4) is 0 Å². The number of rotatable bonds is 5. The summed E-state index contributed by atoms with van der Waals surface area (Å²) >= 11 is 0. The van der Waals surface area contributed by atoms with Crippen LogP contribution in [0.3, 0.4) is 0 Å².